The molecule has 1 N–H and O–H groups in total. The Morgan fingerprint density at radius 3 is 3.12 bits per heavy atom. The summed E-state index contributed by atoms with van der Waals surface area (Å²) < 4.78 is 5.03. The molecule has 90 valence electrons. The summed E-state index contributed by atoms with van der Waals surface area (Å²) in [7, 11) is 0. The molecular formula is C11H18N2O3. The quantitative estimate of drug-likeness (QED) is 0.717. The van der Waals surface area contributed by atoms with Gasteiger partial charge in [0.15, 0.2) is 0 Å². The Labute approximate surface area is 95.1 Å². The molecular weight excluding hydrogens is 208 g/mol. The van der Waals surface area contributed by atoms with E-state index in [9.17, 15) is 9.59 Å². The van der Waals surface area contributed by atoms with Crippen LogP contribution in [0.3, 0.4) is 0 Å². The van der Waals surface area contributed by atoms with Crippen molar-refractivity contribution in [1.29, 1.82) is 0 Å². The van der Waals surface area contributed by atoms with E-state index >= 15 is 0 Å². The fourth-order valence-corrected chi connectivity index (χ4v) is 2.45. The van der Waals surface area contributed by atoms with Crippen molar-refractivity contribution >= 4 is 12.0 Å². The monoisotopic (exact) mass is 226 g/mol. The van der Waals surface area contributed by atoms with Crippen LogP contribution >= 0.6 is 0 Å². The summed E-state index contributed by atoms with van der Waals surface area (Å²) in [5, 5.41) is 2.89. The maximum absolute atomic E-state index is 11.8. The number of ether oxygens (including phenoxy) is 1. The van der Waals surface area contributed by atoms with Gasteiger partial charge in [-0.1, -0.05) is 6.42 Å². The number of carbonyl (C=O) groups is 2. The van der Waals surface area contributed by atoms with Gasteiger partial charge in [-0.2, -0.15) is 0 Å². The number of nitrogens with one attached hydrogen (secondary N) is 1. The van der Waals surface area contributed by atoms with Gasteiger partial charge in [-0.3, -0.25) is 4.79 Å². The van der Waals surface area contributed by atoms with Gasteiger partial charge in [0.05, 0.1) is 18.6 Å². The summed E-state index contributed by atoms with van der Waals surface area (Å²) >= 11 is 0. The average Bonchev–Trinajstić information content (AvgIpc) is 2.54. The highest BCUT2D eigenvalue weighted by Crippen LogP contribution is 2.24. The Bertz CT molecular complexity index is 293. The lowest BCUT2D eigenvalue weighted by Gasteiger charge is -2.27. The predicted molar refractivity (Wildman–Crippen MR) is 57.9 cm³/mol. The third kappa shape index (κ3) is 2.13. The second-order valence-electron chi connectivity index (χ2n) is 4.38. The van der Waals surface area contributed by atoms with Gasteiger partial charge >= 0.3 is 6.09 Å². The van der Waals surface area contributed by atoms with Crippen LogP contribution in [0.2, 0.25) is 0 Å². The van der Waals surface area contributed by atoms with E-state index in [1.807, 2.05) is 0 Å². The standard InChI is InChI=1S/C11H18N2O3/c1-2-16-11(15)13-7-8-4-3-5-9(13)6-12-10(8)14/h8-9H,2-7H2,1H3,(H,12,14)/t8-,9-/m0/s1. The summed E-state index contributed by atoms with van der Waals surface area (Å²) in [5.41, 5.74) is 0. The highest BCUT2D eigenvalue weighted by atomic mass is 16.6. The lowest BCUT2D eigenvalue weighted by atomic mass is 10.0. The first kappa shape index (κ1) is 11.2. The van der Waals surface area contributed by atoms with E-state index in [0.717, 1.165) is 19.3 Å². The van der Waals surface area contributed by atoms with E-state index in [1.165, 1.54) is 0 Å². The lowest BCUT2D eigenvalue weighted by Crippen LogP contribution is -2.43. The molecule has 2 aliphatic heterocycles. The van der Waals surface area contributed by atoms with E-state index in [0.29, 0.717) is 19.7 Å². The molecule has 5 heteroatoms. The molecule has 2 rings (SSSR count). The summed E-state index contributed by atoms with van der Waals surface area (Å²) in [5.74, 6) is 0.0217. The van der Waals surface area contributed by atoms with Gasteiger partial charge in [-0.05, 0) is 19.8 Å². The predicted octanol–water partition coefficient (Wildman–Crippen LogP) is 0.743. The molecule has 2 fully saturated rings. The van der Waals surface area contributed by atoms with E-state index in [4.69, 9.17) is 4.74 Å². The molecule has 0 aromatic carbocycles. The molecule has 0 spiro atoms. The van der Waals surface area contributed by atoms with Crippen molar-refractivity contribution in [3.63, 3.8) is 0 Å². The maximum atomic E-state index is 11.8. The molecule has 16 heavy (non-hydrogen) atoms. The van der Waals surface area contributed by atoms with Crippen LogP contribution in [0.5, 0.6) is 0 Å². The second kappa shape index (κ2) is 4.72. The largest absolute Gasteiger partial charge is 0.450 e. The molecule has 0 saturated carbocycles. The van der Waals surface area contributed by atoms with Gasteiger partial charge in [0.2, 0.25) is 5.91 Å². The van der Waals surface area contributed by atoms with Crippen molar-refractivity contribution in [3.05, 3.63) is 0 Å². The average molecular weight is 226 g/mol. The third-order valence-electron chi connectivity index (χ3n) is 3.33. The minimum Gasteiger partial charge on any atom is -0.450 e. The number of hydrogen-bond acceptors (Lipinski definition) is 3. The first-order valence-corrected chi connectivity index (χ1v) is 5.93. The summed E-state index contributed by atoms with van der Waals surface area (Å²) in [6, 6.07) is 0.107. The smallest absolute Gasteiger partial charge is 0.410 e. The molecule has 2 saturated heterocycles. The molecule has 2 aliphatic rings. The van der Waals surface area contributed by atoms with E-state index in [-0.39, 0.29) is 24.0 Å². The lowest BCUT2D eigenvalue weighted by molar-refractivity contribution is -0.124. The topological polar surface area (TPSA) is 58.6 Å². The SMILES string of the molecule is CCOC(=O)N1C[C@@H]2CCC[C@H]1CNC2=O. The van der Waals surface area contributed by atoms with Gasteiger partial charge < -0.3 is 15.0 Å². The first-order valence-electron chi connectivity index (χ1n) is 5.93. The van der Waals surface area contributed by atoms with Crippen molar-refractivity contribution in [3.8, 4) is 0 Å². The van der Waals surface area contributed by atoms with E-state index < -0.39 is 0 Å². The first-order chi connectivity index (χ1) is 7.72. The van der Waals surface area contributed by atoms with Crippen LogP contribution in [0.15, 0.2) is 0 Å². The molecule has 2 atom stereocenters. The minimum absolute atomic E-state index is 0.0584. The van der Waals surface area contributed by atoms with Crippen molar-refractivity contribution in [2.45, 2.75) is 32.2 Å². The summed E-state index contributed by atoms with van der Waals surface area (Å²) in [4.78, 5) is 25.1. The van der Waals surface area contributed by atoms with Gasteiger partial charge in [-0.15, -0.1) is 0 Å². The fraction of sp³-hybridized carbons (Fsp3) is 0.818. The molecule has 2 bridgehead atoms. The zero-order valence-electron chi connectivity index (χ0n) is 9.57. The Balaban J connectivity index is 2.13. The maximum Gasteiger partial charge on any atom is 0.410 e. The van der Waals surface area contributed by atoms with Gasteiger partial charge in [-0.25, -0.2) is 4.79 Å². The van der Waals surface area contributed by atoms with Crippen molar-refractivity contribution in [2.24, 2.45) is 5.92 Å². The van der Waals surface area contributed by atoms with Gasteiger partial charge in [0, 0.05) is 13.1 Å². The van der Waals surface area contributed by atoms with Crippen LogP contribution in [0.1, 0.15) is 26.2 Å². The van der Waals surface area contributed by atoms with Crippen molar-refractivity contribution < 1.29 is 14.3 Å². The fourth-order valence-electron chi connectivity index (χ4n) is 2.45. The van der Waals surface area contributed by atoms with E-state index in [2.05, 4.69) is 5.32 Å². The van der Waals surface area contributed by atoms with Crippen LogP contribution in [-0.2, 0) is 9.53 Å². The number of nitrogens with zero attached hydrogens (tertiary/aromatic N) is 1. The van der Waals surface area contributed by atoms with Crippen LogP contribution in [0.25, 0.3) is 0 Å². The van der Waals surface area contributed by atoms with E-state index in [1.54, 1.807) is 11.8 Å². The Kier molecular flexibility index (Phi) is 3.31. The molecule has 0 radical (unpaired) electrons. The highest BCUT2D eigenvalue weighted by molar-refractivity contribution is 5.80. The number of carbonyl (C=O) groups excluding carboxylic acids is 2. The molecule has 2 heterocycles. The molecule has 0 aromatic heterocycles. The van der Waals surface area contributed by atoms with Crippen molar-refractivity contribution in [1.82, 2.24) is 10.2 Å². The molecule has 2 amide bonds. The van der Waals surface area contributed by atoms with Gasteiger partial charge in [0.25, 0.3) is 0 Å². The number of amides is 2. The van der Waals surface area contributed by atoms with Gasteiger partial charge in [0.1, 0.15) is 0 Å². The second-order valence-corrected chi connectivity index (χ2v) is 4.38. The number of hydrogen-bond donors (Lipinski definition) is 1. The molecule has 0 aliphatic carbocycles. The van der Waals surface area contributed by atoms with Crippen LogP contribution in [0.4, 0.5) is 4.79 Å². The summed E-state index contributed by atoms with van der Waals surface area (Å²) in [6.07, 6.45) is 2.56. The Morgan fingerprint density at radius 2 is 2.38 bits per heavy atom. The van der Waals surface area contributed by atoms with Crippen molar-refractivity contribution in [2.75, 3.05) is 19.7 Å². The van der Waals surface area contributed by atoms with Crippen LogP contribution < -0.4 is 5.32 Å². The molecule has 5 nitrogen and oxygen atoms in total. The molecule has 0 aromatic rings. The summed E-state index contributed by atoms with van der Waals surface area (Å²) in [6.45, 7) is 3.25. The zero-order chi connectivity index (χ0) is 11.5. The Morgan fingerprint density at radius 1 is 1.56 bits per heavy atom. The normalized spacial score (nSPS) is 29.3. The molecule has 0 unspecified atom stereocenters. The third-order valence-corrected chi connectivity index (χ3v) is 3.33. The van der Waals surface area contributed by atoms with Crippen LogP contribution in [-0.4, -0.2) is 42.6 Å². The zero-order valence-corrected chi connectivity index (χ0v) is 9.57. The number of rotatable bonds is 1. The highest BCUT2D eigenvalue weighted by Gasteiger charge is 2.36. The number of fused-ring (bicyclic) bond motifs is 3. The van der Waals surface area contributed by atoms with Crippen LogP contribution in [0, 0.1) is 5.92 Å². The Hall–Kier alpha value is -1.26. The minimum atomic E-state index is -0.282.